The van der Waals surface area contributed by atoms with E-state index in [1.807, 2.05) is 0 Å². The maximum Gasteiger partial charge on any atom is 0.202 e. The minimum atomic E-state index is -0.979. The van der Waals surface area contributed by atoms with Crippen LogP contribution in [-0.2, 0) is 6.42 Å². The Kier molecular flexibility index (Phi) is 3.24. The van der Waals surface area contributed by atoms with Gasteiger partial charge in [-0.15, -0.1) is 0 Å². The van der Waals surface area contributed by atoms with E-state index in [0.717, 1.165) is 12.1 Å². The molecule has 0 spiro atoms. The Morgan fingerprint density at radius 3 is 2.53 bits per heavy atom. The van der Waals surface area contributed by atoms with Gasteiger partial charge in [-0.25, -0.2) is 8.78 Å². The Labute approximate surface area is 101 Å². The third-order valence-corrected chi connectivity index (χ3v) is 2.40. The van der Waals surface area contributed by atoms with E-state index in [0.29, 0.717) is 5.56 Å². The van der Waals surface area contributed by atoms with Gasteiger partial charge in [0.25, 0.3) is 0 Å². The SMILES string of the molecule is O=C(Cc1ccc(F)c(F)c1)c1ccc(Cl)o1. The van der Waals surface area contributed by atoms with E-state index in [1.165, 1.54) is 18.2 Å². The average molecular weight is 257 g/mol. The van der Waals surface area contributed by atoms with Crippen molar-refractivity contribution in [2.24, 2.45) is 0 Å². The molecule has 1 aromatic carbocycles. The molecule has 0 amide bonds. The van der Waals surface area contributed by atoms with E-state index in [2.05, 4.69) is 0 Å². The van der Waals surface area contributed by atoms with Crippen LogP contribution in [0.5, 0.6) is 0 Å². The van der Waals surface area contributed by atoms with E-state index >= 15 is 0 Å². The van der Waals surface area contributed by atoms with Gasteiger partial charge in [-0.2, -0.15) is 0 Å². The fourth-order valence-corrected chi connectivity index (χ4v) is 1.53. The fourth-order valence-electron chi connectivity index (χ4n) is 1.39. The Morgan fingerprint density at radius 2 is 1.94 bits per heavy atom. The first-order valence-corrected chi connectivity index (χ1v) is 5.16. The molecule has 2 rings (SSSR count). The summed E-state index contributed by atoms with van der Waals surface area (Å²) >= 11 is 5.52. The van der Waals surface area contributed by atoms with Gasteiger partial charge in [0.05, 0.1) is 0 Å². The molecular weight excluding hydrogens is 250 g/mol. The molecule has 0 aliphatic carbocycles. The molecule has 0 aliphatic heterocycles. The Hall–Kier alpha value is -1.68. The monoisotopic (exact) mass is 256 g/mol. The molecule has 2 aromatic rings. The third-order valence-electron chi connectivity index (χ3n) is 2.20. The highest BCUT2D eigenvalue weighted by Crippen LogP contribution is 2.16. The molecule has 0 saturated heterocycles. The Balaban J connectivity index is 2.15. The predicted molar refractivity (Wildman–Crippen MR) is 58.1 cm³/mol. The highest BCUT2D eigenvalue weighted by atomic mass is 35.5. The molecule has 0 atom stereocenters. The van der Waals surface area contributed by atoms with Gasteiger partial charge in [0.2, 0.25) is 5.78 Å². The number of ketones is 1. The van der Waals surface area contributed by atoms with Gasteiger partial charge in [0.15, 0.2) is 22.6 Å². The maximum atomic E-state index is 12.9. The van der Waals surface area contributed by atoms with Crippen molar-refractivity contribution in [2.45, 2.75) is 6.42 Å². The normalized spacial score (nSPS) is 10.5. The van der Waals surface area contributed by atoms with Crippen LogP contribution in [0.1, 0.15) is 16.1 Å². The molecule has 0 radical (unpaired) electrons. The molecule has 2 nitrogen and oxygen atoms in total. The molecule has 0 fully saturated rings. The Morgan fingerprint density at radius 1 is 1.18 bits per heavy atom. The summed E-state index contributed by atoms with van der Waals surface area (Å²) in [5.41, 5.74) is 0.376. The average Bonchev–Trinajstić information content (AvgIpc) is 2.70. The summed E-state index contributed by atoms with van der Waals surface area (Å²) < 4.78 is 30.5. The smallest absolute Gasteiger partial charge is 0.202 e. The number of halogens is 3. The van der Waals surface area contributed by atoms with Crippen molar-refractivity contribution in [2.75, 3.05) is 0 Å². The lowest BCUT2D eigenvalue weighted by atomic mass is 10.1. The molecule has 1 heterocycles. The summed E-state index contributed by atoms with van der Waals surface area (Å²) in [5, 5.41) is 0.110. The van der Waals surface area contributed by atoms with Crippen molar-refractivity contribution in [3.05, 3.63) is 58.5 Å². The molecule has 0 saturated carbocycles. The number of rotatable bonds is 3. The number of hydrogen-bond donors (Lipinski definition) is 0. The van der Waals surface area contributed by atoms with Crippen LogP contribution in [0.15, 0.2) is 34.7 Å². The predicted octanol–water partition coefficient (Wildman–Crippen LogP) is 3.64. The van der Waals surface area contributed by atoms with Crippen molar-refractivity contribution in [3.8, 4) is 0 Å². The standard InChI is InChI=1S/C12H7ClF2O2/c13-12-4-3-11(17-12)10(16)6-7-1-2-8(14)9(15)5-7/h1-5H,6H2. The second kappa shape index (κ2) is 4.67. The summed E-state index contributed by atoms with van der Waals surface area (Å²) in [7, 11) is 0. The van der Waals surface area contributed by atoms with Gasteiger partial charge in [0, 0.05) is 6.42 Å². The summed E-state index contributed by atoms with van der Waals surface area (Å²) in [6.07, 6.45) is -0.0684. The second-order valence-electron chi connectivity index (χ2n) is 3.45. The van der Waals surface area contributed by atoms with Crippen LogP contribution in [0.2, 0.25) is 5.22 Å². The topological polar surface area (TPSA) is 30.2 Å². The molecule has 1 aromatic heterocycles. The largest absolute Gasteiger partial charge is 0.442 e. The van der Waals surface area contributed by atoms with E-state index in [1.54, 1.807) is 0 Å². The number of furan rings is 1. The van der Waals surface area contributed by atoms with Gasteiger partial charge in [-0.1, -0.05) is 6.07 Å². The molecule has 17 heavy (non-hydrogen) atoms. The summed E-state index contributed by atoms with van der Waals surface area (Å²) in [6, 6.07) is 6.19. The van der Waals surface area contributed by atoms with Gasteiger partial charge >= 0.3 is 0 Å². The van der Waals surface area contributed by atoms with Crippen LogP contribution in [0.25, 0.3) is 0 Å². The van der Waals surface area contributed by atoms with Crippen LogP contribution in [0.4, 0.5) is 8.78 Å². The zero-order chi connectivity index (χ0) is 12.4. The minimum Gasteiger partial charge on any atom is -0.442 e. The van der Waals surface area contributed by atoms with Crippen molar-refractivity contribution < 1.29 is 18.0 Å². The zero-order valence-corrected chi connectivity index (χ0v) is 9.30. The van der Waals surface area contributed by atoms with Crippen molar-refractivity contribution in [1.82, 2.24) is 0 Å². The van der Waals surface area contributed by atoms with Crippen LogP contribution in [-0.4, -0.2) is 5.78 Å². The lowest BCUT2D eigenvalue weighted by Gasteiger charge is -1.99. The maximum absolute atomic E-state index is 12.9. The fraction of sp³-hybridized carbons (Fsp3) is 0.0833. The number of carbonyl (C=O) groups excluding carboxylic acids is 1. The quantitative estimate of drug-likeness (QED) is 0.785. The van der Waals surface area contributed by atoms with Crippen LogP contribution in [0, 0.1) is 11.6 Å². The number of carbonyl (C=O) groups is 1. The summed E-state index contributed by atoms with van der Waals surface area (Å²) in [5.74, 6) is -2.17. The number of hydrogen-bond acceptors (Lipinski definition) is 2. The molecule has 88 valence electrons. The summed E-state index contributed by atoms with van der Waals surface area (Å²) in [4.78, 5) is 11.7. The molecule has 5 heteroatoms. The van der Waals surface area contributed by atoms with Crippen LogP contribution in [0.3, 0.4) is 0 Å². The van der Waals surface area contributed by atoms with Crippen molar-refractivity contribution >= 4 is 17.4 Å². The van der Waals surface area contributed by atoms with E-state index < -0.39 is 11.6 Å². The zero-order valence-electron chi connectivity index (χ0n) is 8.54. The van der Waals surface area contributed by atoms with E-state index in [4.69, 9.17) is 16.0 Å². The second-order valence-corrected chi connectivity index (χ2v) is 3.82. The van der Waals surface area contributed by atoms with E-state index in [9.17, 15) is 13.6 Å². The lowest BCUT2D eigenvalue weighted by molar-refractivity contribution is 0.0966. The molecule has 0 unspecified atom stereocenters. The minimum absolute atomic E-state index is 0.0684. The molecular formula is C12H7ClF2O2. The number of benzene rings is 1. The van der Waals surface area contributed by atoms with Gasteiger partial charge in [-0.05, 0) is 41.4 Å². The lowest BCUT2D eigenvalue weighted by Crippen LogP contribution is -2.02. The molecule has 0 aliphatic rings. The summed E-state index contributed by atoms with van der Waals surface area (Å²) in [6.45, 7) is 0. The van der Waals surface area contributed by atoms with Gasteiger partial charge < -0.3 is 4.42 Å². The first-order chi connectivity index (χ1) is 8.06. The van der Waals surface area contributed by atoms with Gasteiger partial charge in [-0.3, -0.25) is 4.79 Å². The Bertz CT molecular complexity index is 563. The third kappa shape index (κ3) is 2.71. The van der Waals surface area contributed by atoms with Gasteiger partial charge in [0.1, 0.15) is 0 Å². The van der Waals surface area contributed by atoms with Crippen LogP contribution >= 0.6 is 11.6 Å². The van der Waals surface area contributed by atoms with Crippen LogP contribution < -0.4 is 0 Å². The van der Waals surface area contributed by atoms with Crippen molar-refractivity contribution in [1.29, 1.82) is 0 Å². The van der Waals surface area contributed by atoms with E-state index in [-0.39, 0.29) is 23.2 Å². The molecule has 0 N–H and O–H groups in total. The first kappa shape index (κ1) is 11.8. The van der Waals surface area contributed by atoms with Crippen molar-refractivity contribution in [3.63, 3.8) is 0 Å². The number of Topliss-reactive ketones (excluding diaryl/α,β-unsaturated/α-hetero) is 1. The highest BCUT2D eigenvalue weighted by Gasteiger charge is 2.12. The first-order valence-electron chi connectivity index (χ1n) is 4.79. The molecule has 0 bridgehead atoms. The highest BCUT2D eigenvalue weighted by molar-refractivity contribution is 6.29.